The molecule has 90 heavy (non-hydrogen) atoms. The van der Waals surface area contributed by atoms with Crippen LogP contribution in [-0.4, -0.2) is 36.4 Å². The summed E-state index contributed by atoms with van der Waals surface area (Å²) in [7, 11) is 0. The van der Waals surface area contributed by atoms with Crippen LogP contribution in [0.25, 0.3) is 0 Å². The normalized spacial score (nSPS) is 12.0. The molecule has 0 rings (SSSR count). The van der Waals surface area contributed by atoms with Gasteiger partial charge in [0.15, 0.2) is 6.10 Å². The molecule has 1 atom stereocenters. The van der Waals surface area contributed by atoms with Gasteiger partial charge >= 0.3 is 11.9 Å². The highest BCUT2D eigenvalue weighted by Gasteiger charge is 2.16. The second-order valence-electron chi connectivity index (χ2n) is 29.6. The Labute approximate surface area is 567 Å². The fraction of sp³-hybridized carbons (Fsp3) is 0.976. The van der Waals surface area contributed by atoms with Crippen molar-refractivity contribution in [2.45, 2.75) is 521 Å². The molecular weight excluding hydrogens is 1100 g/mol. The van der Waals surface area contributed by atoms with Crippen LogP contribution in [-0.2, 0) is 19.1 Å². The summed E-state index contributed by atoms with van der Waals surface area (Å²) in [4.78, 5) is 24.7. The zero-order valence-electron chi connectivity index (χ0n) is 62.2. The molecular formula is C85H168O5. The highest BCUT2D eigenvalue weighted by Crippen LogP contribution is 2.22. The van der Waals surface area contributed by atoms with Crippen molar-refractivity contribution in [3.05, 3.63) is 0 Å². The van der Waals surface area contributed by atoms with E-state index >= 15 is 0 Å². The van der Waals surface area contributed by atoms with E-state index in [2.05, 4.69) is 13.8 Å². The zero-order valence-corrected chi connectivity index (χ0v) is 62.2. The second kappa shape index (κ2) is 82.1. The van der Waals surface area contributed by atoms with E-state index in [1.165, 1.54) is 456 Å². The third kappa shape index (κ3) is 79.3. The first-order valence-electron chi connectivity index (χ1n) is 42.6. The van der Waals surface area contributed by atoms with Gasteiger partial charge in [0.05, 0.1) is 6.61 Å². The highest BCUT2D eigenvalue weighted by molar-refractivity contribution is 5.70. The number of esters is 2. The van der Waals surface area contributed by atoms with Crippen LogP contribution in [0.15, 0.2) is 0 Å². The molecule has 5 heteroatoms. The third-order valence-electron chi connectivity index (χ3n) is 20.4. The van der Waals surface area contributed by atoms with Gasteiger partial charge in [-0.1, -0.05) is 489 Å². The van der Waals surface area contributed by atoms with E-state index in [9.17, 15) is 14.7 Å². The monoisotopic (exact) mass is 1270 g/mol. The third-order valence-corrected chi connectivity index (χ3v) is 20.4. The van der Waals surface area contributed by atoms with Crippen LogP contribution >= 0.6 is 0 Å². The molecule has 0 radical (unpaired) electrons. The SMILES string of the molecule is CCCCCCCCCCCCCCCCCCCCCCCCCCCCCCCCCCCCCCCCCCCC(=O)OC(CO)COC(=O)CCCCCCCCCCCCCCCCCCCCCCCCCCCCCCCCCCCCC. The van der Waals surface area contributed by atoms with Crippen LogP contribution in [0.5, 0.6) is 0 Å². The van der Waals surface area contributed by atoms with Gasteiger partial charge in [-0.2, -0.15) is 0 Å². The first-order valence-corrected chi connectivity index (χ1v) is 42.6. The predicted molar refractivity (Wildman–Crippen MR) is 399 cm³/mol. The maximum atomic E-state index is 12.4. The number of hydrogen-bond donors (Lipinski definition) is 1. The maximum Gasteiger partial charge on any atom is 0.306 e. The predicted octanol–water partition coefficient (Wildman–Crippen LogP) is 29.9. The Morgan fingerprint density at radius 1 is 0.211 bits per heavy atom. The fourth-order valence-corrected chi connectivity index (χ4v) is 14.0. The van der Waals surface area contributed by atoms with Gasteiger partial charge < -0.3 is 14.6 Å². The smallest absolute Gasteiger partial charge is 0.306 e. The van der Waals surface area contributed by atoms with Gasteiger partial charge in [0.2, 0.25) is 0 Å². The van der Waals surface area contributed by atoms with Gasteiger partial charge in [0.25, 0.3) is 0 Å². The molecule has 0 aliphatic carbocycles. The molecule has 0 aromatic rings. The Bertz CT molecular complexity index is 1300. The van der Waals surface area contributed by atoms with Crippen LogP contribution in [0.3, 0.4) is 0 Å². The topological polar surface area (TPSA) is 72.8 Å². The summed E-state index contributed by atoms with van der Waals surface area (Å²) >= 11 is 0. The molecule has 5 nitrogen and oxygen atoms in total. The number of aliphatic hydroxyl groups excluding tert-OH is 1. The summed E-state index contributed by atoms with van der Waals surface area (Å²) in [6.45, 7) is 4.24. The zero-order chi connectivity index (χ0) is 64.7. The molecule has 0 aromatic carbocycles. The number of carbonyl (C=O) groups excluding carboxylic acids is 2. The summed E-state index contributed by atoms with van der Waals surface area (Å²) in [5.41, 5.74) is 0. The molecule has 0 spiro atoms. The Morgan fingerprint density at radius 3 is 0.489 bits per heavy atom. The van der Waals surface area contributed by atoms with Crippen LogP contribution in [0.4, 0.5) is 0 Å². The van der Waals surface area contributed by atoms with E-state index < -0.39 is 6.10 Å². The van der Waals surface area contributed by atoms with Crippen molar-refractivity contribution in [2.24, 2.45) is 0 Å². The van der Waals surface area contributed by atoms with Crippen molar-refractivity contribution < 1.29 is 24.2 Å². The van der Waals surface area contributed by atoms with E-state index in [0.717, 1.165) is 32.1 Å². The van der Waals surface area contributed by atoms with Gasteiger partial charge in [-0.25, -0.2) is 0 Å². The van der Waals surface area contributed by atoms with Gasteiger partial charge in [0, 0.05) is 12.8 Å². The van der Waals surface area contributed by atoms with Gasteiger partial charge in [0.1, 0.15) is 6.61 Å². The largest absolute Gasteiger partial charge is 0.462 e. The van der Waals surface area contributed by atoms with Gasteiger partial charge in [-0.05, 0) is 12.8 Å². The van der Waals surface area contributed by atoms with Gasteiger partial charge in [-0.15, -0.1) is 0 Å². The summed E-state index contributed by atoms with van der Waals surface area (Å²) < 4.78 is 10.8. The highest BCUT2D eigenvalue weighted by atomic mass is 16.6. The van der Waals surface area contributed by atoms with Crippen molar-refractivity contribution in [3.8, 4) is 0 Å². The lowest BCUT2D eigenvalue weighted by molar-refractivity contribution is -0.161. The number of hydrogen-bond acceptors (Lipinski definition) is 5. The number of carbonyl (C=O) groups is 2. The van der Waals surface area contributed by atoms with Crippen molar-refractivity contribution in [3.63, 3.8) is 0 Å². The number of aliphatic hydroxyl groups is 1. The summed E-state index contributed by atoms with van der Waals surface area (Å²) in [5, 5.41) is 9.74. The minimum Gasteiger partial charge on any atom is -0.462 e. The minimum atomic E-state index is -0.767. The lowest BCUT2D eigenvalue weighted by atomic mass is 10.0. The van der Waals surface area contributed by atoms with Crippen molar-refractivity contribution in [1.82, 2.24) is 0 Å². The second-order valence-corrected chi connectivity index (χ2v) is 29.6. The first-order chi connectivity index (χ1) is 44.6. The fourth-order valence-electron chi connectivity index (χ4n) is 14.0. The molecule has 1 unspecified atom stereocenters. The molecule has 0 aliphatic heterocycles. The molecule has 0 heterocycles. The van der Waals surface area contributed by atoms with E-state index in [-0.39, 0.29) is 25.2 Å². The molecule has 0 bridgehead atoms. The molecule has 0 amide bonds. The van der Waals surface area contributed by atoms with Crippen LogP contribution < -0.4 is 0 Å². The molecule has 0 aliphatic rings. The Kier molecular flexibility index (Phi) is 81.1. The van der Waals surface area contributed by atoms with E-state index in [0.29, 0.717) is 12.8 Å². The van der Waals surface area contributed by atoms with Crippen molar-refractivity contribution >= 4 is 11.9 Å². The molecule has 1 N–H and O–H groups in total. The minimum absolute atomic E-state index is 0.0550. The van der Waals surface area contributed by atoms with E-state index in [1.54, 1.807) is 0 Å². The first kappa shape index (κ1) is 88.9. The number of ether oxygens (including phenoxy) is 2. The van der Waals surface area contributed by atoms with E-state index in [4.69, 9.17) is 9.47 Å². The molecule has 0 saturated carbocycles. The Balaban J connectivity index is 3.31. The van der Waals surface area contributed by atoms with Crippen molar-refractivity contribution in [1.29, 1.82) is 0 Å². The summed E-state index contributed by atoms with van der Waals surface area (Å²) in [5.74, 6) is -0.554. The van der Waals surface area contributed by atoms with Gasteiger partial charge in [-0.3, -0.25) is 9.59 Å². The summed E-state index contributed by atoms with van der Waals surface area (Å²) in [6, 6.07) is 0. The number of rotatable bonds is 82. The van der Waals surface area contributed by atoms with E-state index in [1.807, 2.05) is 0 Å². The molecule has 0 aromatic heterocycles. The maximum absolute atomic E-state index is 12.4. The summed E-state index contributed by atoms with van der Waals surface area (Å²) in [6.07, 6.45) is 107. The molecule has 0 saturated heterocycles. The van der Waals surface area contributed by atoms with Crippen LogP contribution in [0.2, 0.25) is 0 Å². The average Bonchev–Trinajstić information content (AvgIpc) is 3.60. The molecule has 538 valence electrons. The Hall–Kier alpha value is -1.10. The van der Waals surface area contributed by atoms with Crippen LogP contribution in [0, 0.1) is 0 Å². The lowest BCUT2D eigenvalue weighted by Gasteiger charge is -2.15. The van der Waals surface area contributed by atoms with Crippen LogP contribution in [0.1, 0.15) is 515 Å². The standard InChI is InChI=1S/C85H168O5/c1-3-5-7-9-11-13-15-17-19-21-23-25-27-29-31-33-35-37-39-40-41-42-43-44-46-48-50-52-54-56-58-60-62-64-66-68-70-72-74-76-78-80-85(88)90-83(81-86)82-89-84(87)79-77-75-73-71-69-67-65-63-61-59-57-55-53-51-49-47-45-38-36-34-32-30-28-26-24-22-20-18-16-14-12-10-8-6-4-2/h83,86H,3-82H2,1-2H3. The van der Waals surface area contributed by atoms with Crippen molar-refractivity contribution in [2.75, 3.05) is 13.2 Å². The Morgan fingerprint density at radius 2 is 0.344 bits per heavy atom. The number of unbranched alkanes of at least 4 members (excludes halogenated alkanes) is 74. The average molecular weight is 1270 g/mol. The quantitative estimate of drug-likeness (QED) is 0.0485. The lowest BCUT2D eigenvalue weighted by Crippen LogP contribution is -2.28. The molecule has 0 fully saturated rings.